The largest absolute Gasteiger partial charge is 0.459 e. The molecule has 1 fully saturated rings. The van der Waals surface area contributed by atoms with Crippen LogP contribution in [0.5, 0.6) is 5.75 Å². The van der Waals surface area contributed by atoms with E-state index in [9.17, 15) is 9.18 Å². The average molecular weight is 334 g/mol. The molecule has 6 heteroatoms. The number of hydrogen-bond donors (Lipinski definition) is 1. The molecule has 0 radical (unpaired) electrons. The Morgan fingerprint density at radius 1 is 1.42 bits per heavy atom. The number of rotatable bonds is 4. The highest BCUT2D eigenvalue weighted by atomic mass is 19.1. The zero-order chi connectivity index (χ0) is 17.7. The Hall–Kier alpha value is -2.13. The smallest absolute Gasteiger partial charge is 0.342 e. The first-order chi connectivity index (χ1) is 11.3. The molecular weight excluding hydrogens is 311 g/mol. The zero-order valence-corrected chi connectivity index (χ0v) is 14.2. The third-order valence-electron chi connectivity index (χ3n) is 3.78. The quantitative estimate of drug-likeness (QED) is 0.857. The summed E-state index contributed by atoms with van der Waals surface area (Å²) in [5, 5.41) is 12.2. The average Bonchev–Trinajstić information content (AvgIpc) is 2.53. The molecule has 1 aliphatic rings. The maximum Gasteiger partial charge on any atom is 0.342 e. The number of piperidine rings is 1. The van der Waals surface area contributed by atoms with Gasteiger partial charge < -0.3 is 14.8 Å². The van der Waals surface area contributed by atoms with E-state index < -0.39 is 29.8 Å². The molecule has 130 valence electrons. The Morgan fingerprint density at radius 3 is 2.79 bits per heavy atom. The van der Waals surface area contributed by atoms with Gasteiger partial charge in [0.1, 0.15) is 16.9 Å². The standard InChI is InChI=1S/C18H23FN2O3/c1-18(2,3)24-17(22)14-6-4-5-7-15(14)23-16(19)13-8-9-21-11-12(13)10-20/h4-7,12-13,16,21H,8-9,11H2,1-3H3. The molecule has 1 N–H and O–H groups in total. The number of benzene rings is 1. The molecule has 3 unspecified atom stereocenters. The second kappa shape index (κ2) is 7.63. The van der Waals surface area contributed by atoms with Crippen LogP contribution in [0.3, 0.4) is 0 Å². The maximum absolute atomic E-state index is 14.6. The van der Waals surface area contributed by atoms with Crippen LogP contribution in [-0.2, 0) is 4.74 Å². The second-order valence-electron chi connectivity index (χ2n) is 6.86. The normalized spacial score (nSPS) is 22.3. The number of esters is 1. The Balaban J connectivity index is 2.15. The van der Waals surface area contributed by atoms with Crippen molar-refractivity contribution in [2.75, 3.05) is 13.1 Å². The van der Waals surface area contributed by atoms with Gasteiger partial charge in [-0.15, -0.1) is 0 Å². The van der Waals surface area contributed by atoms with Crippen LogP contribution in [0, 0.1) is 23.2 Å². The minimum Gasteiger partial charge on any atom is -0.459 e. The van der Waals surface area contributed by atoms with Gasteiger partial charge in [0.25, 0.3) is 0 Å². The Morgan fingerprint density at radius 2 is 2.12 bits per heavy atom. The molecule has 1 heterocycles. The minimum absolute atomic E-state index is 0.134. The van der Waals surface area contributed by atoms with Gasteiger partial charge in [0.05, 0.1) is 12.0 Å². The highest BCUT2D eigenvalue weighted by molar-refractivity contribution is 5.92. The van der Waals surface area contributed by atoms with E-state index in [2.05, 4.69) is 11.4 Å². The van der Waals surface area contributed by atoms with E-state index in [0.717, 1.165) is 0 Å². The van der Waals surface area contributed by atoms with Gasteiger partial charge in [-0.2, -0.15) is 5.26 Å². The van der Waals surface area contributed by atoms with Crippen molar-refractivity contribution in [2.45, 2.75) is 39.2 Å². The van der Waals surface area contributed by atoms with Crippen LogP contribution in [0.25, 0.3) is 0 Å². The molecule has 24 heavy (non-hydrogen) atoms. The molecule has 1 aliphatic heterocycles. The SMILES string of the molecule is CC(C)(C)OC(=O)c1ccccc1OC(F)C1CCNCC1C#N. The number of ether oxygens (including phenoxy) is 2. The number of carbonyl (C=O) groups is 1. The Labute approximate surface area is 141 Å². The van der Waals surface area contributed by atoms with E-state index in [-0.39, 0.29) is 11.3 Å². The summed E-state index contributed by atoms with van der Waals surface area (Å²) in [6.07, 6.45) is -1.14. The van der Waals surface area contributed by atoms with E-state index in [1.165, 1.54) is 6.07 Å². The molecule has 0 bridgehead atoms. The summed E-state index contributed by atoms with van der Waals surface area (Å²) in [7, 11) is 0. The lowest BCUT2D eigenvalue weighted by Gasteiger charge is -2.30. The molecule has 0 amide bonds. The molecule has 1 saturated heterocycles. The summed E-state index contributed by atoms with van der Waals surface area (Å²) < 4.78 is 25.4. The molecule has 0 saturated carbocycles. The Bertz CT molecular complexity index is 621. The van der Waals surface area contributed by atoms with Crippen LogP contribution in [-0.4, -0.2) is 31.0 Å². The monoisotopic (exact) mass is 334 g/mol. The molecule has 0 aromatic heterocycles. The Kier molecular flexibility index (Phi) is 5.79. The van der Waals surface area contributed by atoms with Crippen LogP contribution in [0.1, 0.15) is 37.6 Å². The van der Waals surface area contributed by atoms with Crippen molar-refractivity contribution in [3.05, 3.63) is 29.8 Å². The number of halogens is 1. The van der Waals surface area contributed by atoms with Crippen LogP contribution in [0.15, 0.2) is 24.3 Å². The molecule has 1 aromatic rings. The molecule has 5 nitrogen and oxygen atoms in total. The molecule has 1 aromatic carbocycles. The van der Waals surface area contributed by atoms with Gasteiger partial charge in [-0.3, -0.25) is 0 Å². The number of nitrogens with zero attached hydrogens (tertiary/aromatic N) is 1. The summed E-state index contributed by atoms with van der Waals surface area (Å²) in [5.41, 5.74) is -0.474. The van der Waals surface area contributed by atoms with Crippen molar-refractivity contribution in [3.8, 4) is 11.8 Å². The fraction of sp³-hybridized carbons (Fsp3) is 0.556. The van der Waals surface area contributed by atoms with E-state index in [1.54, 1.807) is 39.0 Å². The van der Waals surface area contributed by atoms with Crippen LogP contribution < -0.4 is 10.1 Å². The third-order valence-corrected chi connectivity index (χ3v) is 3.78. The number of para-hydroxylation sites is 1. The van der Waals surface area contributed by atoms with E-state index in [1.807, 2.05) is 0 Å². The lowest BCUT2D eigenvalue weighted by atomic mass is 9.87. The third kappa shape index (κ3) is 4.68. The minimum atomic E-state index is -1.65. The van der Waals surface area contributed by atoms with Gasteiger partial charge in [0.2, 0.25) is 6.36 Å². The molecule has 0 aliphatic carbocycles. The lowest BCUT2D eigenvalue weighted by molar-refractivity contribution is -0.0159. The lowest BCUT2D eigenvalue weighted by Crippen LogP contribution is -2.41. The molecular formula is C18H23FN2O3. The topological polar surface area (TPSA) is 71.3 Å². The van der Waals surface area contributed by atoms with Crippen molar-refractivity contribution >= 4 is 5.97 Å². The van der Waals surface area contributed by atoms with Crippen molar-refractivity contribution < 1.29 is 18.7 Å². The predicted octanol–water partition coefficient (Wildman–Crippen LogP) is 3.07. The van der Waals surface area contributed by atoms with Gasteiger partial charge in [-0.1, -0.05) is 12.1 Å². The zero-order valence-electron chi connectivity index (χ0n) is 14.2. The summed E-state index contributed by atoms with van der Waals surface area (Å²) >= 11 is 0. The fourth-order valence-electron chi connectivity index (χ4n) is 2.61. The van der Waals surface area contributed by atoms with Gasteiger partial charge in [-0.05, 0) is 45.9 Å². The summed E-state index contributed by atoms with van der Waals surface area (Å²) in [6, 6.07) is 8.53. The maximum atomic E-state index is 14.6. The first kappa shape index (κ1) is 18.2. The number of nitriles is 1. The van der Waals surface area contributed by atoms with Crippen molar-refractivity contribution in [1.82, 2.24) is 5.32 Å². The van der Waals surface area contributed by atoms with Gasteiger partial charge in [0.15, 0.2) is 0 Å². The predicted molar refractivity (Wildman–Crippen MR) is 87.2 cm³/mol. The van der Waals surface area contributed by atoms with Gasteiger partial charge in [-0.25, -0.2) is 9.18 Å². The second-order valence-corrected chi connectivity index (χ2v) is 6.86. The van der Waals surface area contributed by atoms with Crippen molar-refractivity contribution in [2.24, 2.45) is 11.8 Å². The first-order valence-corrected chi connectivity index (χ1v) is 8.05. The number of hydrogen-bond acceptors (Lipinski definition) is 5. The highest BCUT2D eigenvalue weighted by Gasteiger charge is 2.34. The molecule has 0 spiro atoms. The molecule has 2 rings (SSSR count). The van der Waals surface area contributed by atoms with Crippen LogP contribution in [0.2, 0.25) is 0 Å². The van der Waals surface area contributed by atoms with E-state index >= 15 is 0 Å². The summed E-state index contributed by atoms with van der Waals surface area (Å²) in [4.78, 5) is 12.3. The highest BCUT2D eigenvalue weighted by Crippen LogP contribution is 2.29. The summed E-state index contributed by atoms with van der Waals surface area (Å²) in [5.74, 6) is -1.41. The first-order valence-electron chi connectivity index (χ1n) is 8.05. The van der Waals surface area contributed by atoms with E-state index in [4.69, 9.17) is 14.7 Å². The molecule has 3 atom stereocenters. The van der Waals surface area contributed by atoms with Gasteiger partial charge >= 0.3 is 5.97 Å². The number of alkyl halides is 1. The van der Waals surface area contributed by atoms with E-state index in [0.29, 0.717) is 19.5 Å². The fourth-order valence-corrected chi connectivity index (χ4v) is 2.61. The van der Waals surface area contributed by atoms with Crippen LogP contribution >= 0.6 is 0 Å². The van der Waals surface area contributed by atoms with Crippen molar-refractivity contribution in [3.63, 3.8) is 0 Å². The summed E-state index contributed by atoms with van der Waals surface area (Å²) in [6.45, 7) is 6.37. The van der Waals surface area contributed by atoms with Gasteiger partial charge in [0, 0.05) is 12.5 Å². The van der Waals surface area contributed by atoms with Crippen LogP contribution in [0.4, 0.5) is 4.39 Å². The van der Waals surface area contributed by atoms with Crippen molar-refractivity contribution in [1.29, 1.82) is 5.26 Å². The number of carbonyl (C=O) groups excluding carboxylic acids is 1. The number of nitrogens with one attached hydrogen (secondary N) is 1.